The summed E-state index contributed by atoms with van der Waals surface area (Å²) in [6.45, 7) is 5.73. The molecule has 1 amide bonds. The van der Waals surface area contributed by atoms with Crippen LogP contribution in [0, 0.1) is 13.8 Å². The van der Waals surface area contributed by atoms with Gasteiger partial charge in [0.15, 0.2) is 0 Å². The first-order valence-corrected chi connectivity index (χ1v) is 7.26. The zero-order valence-corrected chi connectivity index (χ0v) is 12.4. The fourth-order valence-electron chi connectivity index (χ4n) is 2.87. The van der Waals surface area contributed by atoms with Crippen molar-refractivity contribution in [1.29, 1.82) is 0 Å². The number of carbonyl (C=O) groups is 1. The normalized spacial score (nSPS) is 19.0. The Bertz CT molecular complexity index is 617. The van der Waals surface area contributed by atoms with Crippen LogP contribution in [-0.2, 0) is 11.3 Å². The smallest absolute Gasteiger partial charge is 0.244 e. The van der Waals surface area contributed by atoms with E-state index in [1.165, 1.54) is 6.33 Å². The Morgan fingerprint density at radius 3 is 2.95 bits per heavy atom. The van der Waals surface area contributed by atoms with Crippen molar-refractivity contribution in [1.82, 2.24) is 29.4 Å². The molecule has 112 valence electrons. The monoisotopic (exact) mass is 288 g/mol. The lowest BCUT2D eigenvalue weighted by Gasteiger charge is -2.32. The molecule has 0 saturated carbocycles. The van der Waals surface area contributed by atoms with Crippen LogP contribution in [-0.4, -0.2) is 48.4 Å². The molecule has 1 saturated heterocycles. The molecule has 0 aliphatic carbocycles. The summed E-state index contributed by atoms with van der Waals surface area (Å²) in [5.74, 6) is 0.117. The molecule has 1 atom stereocenters. The first-order valence-electron chi connectivity index (χ1n) is 7.26. The summed E-state index contributed by atoms with van der Waals surface area (Å²) in [5.41, 5.74) is 1.96. The van der Waals surface area contributed by atoms with Crippen LogP contribution in [0.3, 0.4) is 0 Å². The predicted octanol–water partition coefficient (Wildman–Crippen LogP) is 0.955. The van der Waals surface area contributed by atoms with Gasteiger partial charge in [-0.25, -0.2) is 9.67 Å². The molecule has 2 aromatic rings. The van der Waals surface area contributed by atoms with Gasteiger partial charge in [-0.15, -0.1) is 0 Å². The standard InChI is InChI=1S/C14H20N6O/c1-11-6-12(2)19(17-11)8-14(21)18-5-3-4-13(7-18)20-10-15-9-16-20/h6,9-10,13H,3-5,7-8H2,1-2H3. The largest absolute Gasteiger partial charge is 0.339 e. The summed E-state index contributed by atoms with van der Waals surface area (Å²) >= 11 is 0. The Morgan fingerprint density at radius 2 is 2.29 bits per heavy atom. The van der Waals surface area contributed by atoms with Gasteiger partial charge in [-0.2, -0.15) is 10.2 Å². The fourth-order valence-corrected chi connectivity index (χ4v) is 2.87. The zero-order chi connectivity index (χ0) is 14.8. The Kier molecular flexibility index (Phi) is 3.72. The summed E-state index contributed by atoms with van der Waals surface area (Å²) < 4.78 is 3.62. The van der Waals surface area contributed by atoms with Gasteiger partial charge < -0.3 is 4.90 Å². The maximum absolute atomic E-state index is 12.5. The number of aryl methyl sites for hydroxylation is 2. The van der Waals surface area contributed by atoms with Gasteiger partial charge in [-0.05, 0) is 32.8 Å². The number of amides is 1. The number of likely N-dealkylation sites (tertiary alicyclic amines) is 1. The third-order valence-corrected chi connectivity index (χ3v) is 3.95. The van der Waals surface area contributed by atoms with Gasteiger partial charge in [-0.3, -0.25) is 9.48 Å². The Labute approximate surface area is 123 Å². The van der Waals surface area contributed by atoms with Crippen molar-refractivity contribution in [2.45, 2.75) is 39.3 Å². The Hall–Kier alpha value is -2.18. The van der Waals surface area contributed by atoms with E-state index in [1.54, 1.807) is 11.0 Å². The van der Waals surface area contributed by atoms with Crippen LogP contribution in [0.2, 0.25) is 0 Å². The topological polar surface area (TPSA) is 68.8 Å². The van der Waals surface area contributed by atoms with Gasteiger partial charge in [0, 0.05) is 18.8 Å². The maximum Gasteiger partial charge on any atom is 0.244 e. The molecule has 0 radical (unpaired) electrons. The average Bonchev–Trinajstić information content (AvgIpc) is 3.09. The number of piperidine rings is 1. The number of nitrogens with zero attached hydrogens (tertiary/aromatic N) is 6. The SMILES string of the molecule is Cc1cc(C)n(CC(=O)N2CCCC(n3cncn3)C2)n1. The summed E-state index contributed by atoms with van der Waals surface area (Å²) in [4.78, 5) is 18.4. The third kappa shape index (κ3) is 2.96. The molecule has 1 unspecified atom stereocenters. The van der Waals surface area contributed by atoms with Crippen LogP contribution < -0.4 is 0 Å². The minimum atomic E-state index is 0.117. The van der Waals surface area contributed by atoms with E-state index < -0.39 is 0 Å². The number of hydrogen-bond donors (Lipinski definition) is 0. The molecule has 21 heavy (non-hydrogen) atoms. The summed E-state index contributed by atoms with van der Waals surface area (Å²) in [6.07, 6.45) is 5.29. The molecule has 3 rings (SSSR count). The zero-order valence-electron chi connectivity index (χ0n) is 12.4. The fraction of sp³-hybridized carbons (Fsp3) is 0.571. The summed E-state index contributed by atoms with van der Waals surface area (Å²) in [7, 11) is 0. The van der Waals surface area contributed by atoms with Gasteiger partial charge in [0.05, 0.1) is 11.7 Å². The molecule has 2 aromatic heterocycles. The van der Waals surface area contributed by atoms with Crippen molar-refractivity contribution in [2.75, 3.05) is 13.1 Å². The van der Waals surface area contributed by atoms with E-state index in [0.29, 0.717) is 13.1 Å². The van der Waals surface area contributed by atoms with Gasteiger partial charge in [0.2, 0.25) is 5.91 Å². The first-order chi connectivity index (χ1) is 10.1. The van der Waals surface area contributed by atoms with Crippen molar-refractivity contribution >= 4 is 5.91 Å². The number of rotatable bonds is 3. The highest BCUT2D eigenvalue weighted by atomic mass is 16.2. The lowest BCUT2D eigenvalue weighted by atomic mass is 10.1. The van der Waals surface area contributed by atoms with E-state index in [0.717, 1.165) is 30.8 Å². The lowest BCUT2D eigenvalue weighted by Crippen LogP contribution is -2.42. The molecule has 0 spiro atoms. The van der Waals surface area contributed by atoms with Crippen molar-refractivity contribution in [3.8, 4) is 0 Å². The van der Waals surface area contributed by atoms with Crippen molar-refractivity contribution in [3.63, 3.8) is 0 Å². The van der Waals surface area contributed by atoms with Crippen LogP contribution in [0.25, 0.3) is 0 Å². The van der Waals surface area contributed by atoms with E-state index in [2.05, 4.69) is 15.2 Å². The molecular formula is C14H20N6O. The second-order valence-electron chi connectivity index (χ2n) is 5.60. The Balaban J connectivity index is 1.66. The Morgan fingerprint density at radius 1 is 1.43 bits per heavy atom. The molecule has 0 N–H and O–H groups in total. The molecule has 1 aliphatic heterocycles. The first kappa shape index (κ1) is 13.8. The number of aromatic nitrogens is 5. The lowest BCUT2D eigenvalue weighted by molar-refractivity contribution is -0.133. The second kappa shape index (κ2) is 5.67. The highest BCUT2D eigenvalue weighted by molar-refractivity contribution is 5.76. The highest BCUT2D eigenvalue weighted by Crippen LogP contribution is 2.20. The van der Waals surface area contributed by atoms with E-state index in [9.17, 15) is 4.79 Å². The molecular weight excluding hydrogens is 268 g/mol. The molecule has 1 fully saturated rings. The second-order valence-corrected chi connectivity index (χ2v) is 5.60. The minimum Gasteiger partial charge on any atom is -0.339 e. The van der Waals surface area contributed by atoms with E-state index in [4.69, 9.17) is 0 Å². The van der Waals surface area contributed by atoms with E-state index >= 15 is 0 Å². The van der Waals surface area contributed by atoms with Gasteiger partial charge in [0.1, 0.15) is 19.2 Å². The van der Waals surface area contributed by atoms with Crippen LogP contribution in [0.15, 0.2) is 18.7 Å². The van der Waals surface area contributed by atoms with Crippen molar-refractivity contribution < 1.29 is 4.79 Å². The van der Waals surface area contributed by atoms with Gasteiger partial charge >= 0.3 is 0 Å². The molecule has 3 heterocycles. The minimum absolute atomic E-state index is 0.117. The van der Waals surface area contributed by atoms with Crippen molar-refractivity contribution in [3.05, 3.63) is 30.1 Å². The number of carbonyl (C=O) groups excluding carboxylic acids is 1. The van der Waals surface area contributed by atoms with Crippen LogP contribution in [0.4, 0.5) is 0 Å². The van der Waals surface area contributed by atoms with E-state index in [1.807, 2.05) is 29.5 Å². The van der Waals surface area contributed by atoms with Crippen LogP contribution in [0.1, 0.15) is 30.3 Å². The quantitative estimate of drug-likeness (QED) is 0.843. The molecule has 1 aliphatic rings. The highest BCUT2D eigenvalue weighted by Gasteiger charge is 2.25. The predicted molar refractivity (Wildman–Crippen MR) is 76.6 cm³/mol. The molecule has 0 aromatic carbocycles. The van der Waals surface area contributed by atoms with Crippen molar-refractivity contribution in [2.24, 2.45) is 0 Å². The molecule has 0 bridgehead atoms. The third-order valence-electron chi connectivity index (χ3n) is 3.95. The van der Waals surface area contributed by atoms with E-state index in [-0.39, 0.29) is 11.9 Å². The maximum atomic E-state index is 12.5. The van der Waals surface area contributed by atoms with Gasteiger partial charge in [-0.1, -0.05) is 0 Å². The van der Waals surface area contributed by atoms with Gasteiger partial charge in [0.25, 0.3) is 0 Å². The summed E-state index contributed by atoms with van der Waals surface area (Å²) in [5, 5.41) is 8.54. The summed E-state index contributed by atoms with van der Waals surface area (Å²) in [6, 6.07) is 2.22. The number of hydrogen-bond acceptors (Lipinski definition) is 4. The molecule has 7 nitrogen and oxygen atoms in total. The van der Waals surface area contributed by atoms with Crippen LogP contribution >= 0.6 is 0 Å². The average molecular weight is 288 g/mol. The molecule has 7 heteroatoms. The van der Waals surface area contributed by atoms with Crippen LogP contribution in [0.5, 0.6) is 0 Å².